The average molecular weight is 396 g/mol. The van der Waals surface area contributed by atoms with Crippen molar-refractivity contribution < 1.29 is 14.7 Å². The number of Topliss-reactive ketones (excluding diaryl/α,β-unsaturated/α-hetero) is 1. The molecule has 0 aliphatic rings. The van der Waals surface area contributed by atoms with Gasteiger partial charge in [0.15, 0.2) is 5.78 Å². The third kappa shape index (κ3) is 6.82. The van der Waals surface area contributed by atoms with Crippen LogP contribution in [0.4, 0.5) is 0 Å². The van der Waals surface area contributed by atoms with Crippen molar-refractivity contribution in [2.24, 2.45) is 5.92 Å². The molecule has 0 saturated carbocycles. The number of carbonyl (C=O) groups excluding carboxylic acids is 1. The molecule has 0 heterocycles. The third-order valence-electron chi connectivity index (χ3n) is 5.29. The van der Waals surface area contributed by atoms with Crippen molar-refractivity contribution in [1.82, 2.24) is 5.32 Å². The lowest BCUT2D eigenvalue weighted by molar-refractivity contribution is -0.137. The number of rotatable bonds is 11. The van der Waals surface area contributed by atoms with Gasteiger partial charge in [0.25, 0.3) is 0 Å². The maximum absolute atomic E-state index is 13.1. The van der Waals surface area contributed by atoms with Gasteiger partial charge < -0.3 is 10.4 Å². The minimum absolute atomic E-state index is 0.141. The Bertz CT molecular complexity index is 794. The minimum Gasteiger partial charge on any atom is -0.481 e. The second-order valence-corrected chi connectivity index (χ2v) is 8.17. The summed E-state index contributed by atoms with van der Waals surface area (Å²) in [5.74, 6) is -0.215. The molecule has 2 atom stereocenters. The zero-order valence-electron chi connectivity index (χ0n) is 17.9. The van der Waals surface area contributed by atoms with Crippen molar-refractivity contribution in [2.45, 2.75) is 58.4 Å². The average Bonchev–Trinajstić information content (AvgIpc) is 2.69. The molecule has 156 valence electrons. The molecule has 0 aliphatic heterocycles. The van der Waals surface area contributed by atoms with E-state index in [0.717, 1.165) is 29.5 Å². The molecule has 0 bridgehead atoms. The van der Waals surface area contributed by atoms with Crippen LogP contribution in [0.15, 0.2) is 48.5 Å². The predicted molar refractivity (Wildman–Crippen MR) is 117 cm³/mol. The summed E-state index contributed by atoms with van der Waals surface area (Å²) in [7, 11) is 1.81. The van der Waals surface area contributed by atoms with Crippen molar-refractivity contribution in [2.75, 3.05) is 7.05 Å². The smallest absolute Gasteiger partial charge is 0.303 e. The molecular weight excluding hydrogens is 362 g/mol. The van der Waals surface area contributed by atoms with Gasteiger partial charge in [0.2, 0.25) is 0 Å². The Balaban J connectivity index is 2.06. The van der Waals surface area contributed by atoms with E-state index >= 15 is 0 Å². The van der Waals surface area contributed by atoms with Crippen LogP contribution < -0.4 is 5.32 Å². The van der Waals surface area contributed by atoms with E-state index in [-0.39, 0.29) is 24.2 Å². The second-order valence-electron chi connectivity index (χ2n) is 8.17. The van der Waals surface area contributed by atoms with Gasteiger partial charge in [-0.2, -0.15) is 0 Å². The van der Waals surface area contributed by atoms with Gasteiger partial charge in [0.05, 0.1) is 6.04 Å². The van der Waals surface area contributed by atoms with Gasteiger partial charge in [-0.3, -0.25) is 9.59 Å². The van der Waals surface area contributed by atoms with Gasteiger partial charge in [-0.25, -0.2) is 0 Å². The lowest BCUT2D eigenvalue weighted by atomic mass is 9.88. The number of benzene rings is 2. The third-order valence-corrected chi connectivity index (χ3v) is 5.29. The number of ketones is 1. The summed E-state index contributed by atoms with van der Waals surface area (Å²) in [5, 5.41) is 11.9. The van der Waals surface area contributed by atoms with Gasteiger partial charge in [-0.1, -0.05) is 69.3 Å². The standard InChI is InChI=1S/C25H33NO3/c1-17(2)16-20-10-12-21(13-11-20)18(3)25(29)24(26-4)22-14-8-19(9-15-22)6-5-7-23(27)28/h8-15,17-18,24,26H,5-7,16H2,1-4H3,(H,27,28). The number of hydrogen-bond donors (Lipinski definition) is 2. The molecular formula is C25H33NO3. The Hall–Kier alpha value is -2.46. The number of aryl methyl sites for hydroxylation is 1. The molecule has 0 fully saturated rings. The summed E-state index contributed by atoms with van der Waals surface area (Å²) in [6.45, 7) is 6.37. The molecule has 4 heteroatoms. The number of hydrogen-bond acceptors (Lipinski definition) is 3. The van der Waals surface area contributed by atoms with E-state index in [1.807, 2.05) is 38.2 Å². The van der Waals surface area contributed by atoms with Gasteiger partial charge in [0, 0.05) is 12.3 Å². The highest BCUT2D eigenvalue weighted by Crippen LogP contribution is 2.26. The van der Waals surface area contributed by atoms with E-state index in [2.05, 4.69) is 43.4 Å². The number of carbonyl (C=O) groups is 2. The van der Waals surface area contributed by atoms with E-state index in [9.17, 15) is 9.59 Å². The topological polar surface area (TPSA) is 66.4 Å². The number of carboxylic acids is 1. The largest absolute Gasteiger partial charge is 0.481 e. The van der Waals surface area contributed by atoms with Crippen LogP contribution in [0.25, 0.3) is 0 Å². The van der Waals surface area contributed by atoms with E-state index < -0.39 is 5.97 Å². The van der Waals surface area contributed by atoms with Gasteiger partial charge in [-0.05, 0) is 54.5 Å². The lowest BCUT2D eigenvalue weighted by Crippen LogP contribution is -2.29. The molecule has 2 aromatic rings. The van der Waals surface area contributed by atoms with E-state index in [1.165, 1.54) is 5.56 Å². The molecule has 0 aliphatic carbocycles. The Morgan fingerprint density at radius 2 is 1.45 bits per heavy atom. The Morgan fingerprint density at radius 3 is 1.97 bits per heavy atom. The maximum atomic E-state index is 13.1. The summed E-state index contributed by atoms with van der Waals surface area (Å²) < 4.78 is 0. The van der Waals surface area contributed by atoms with Crippen molar-refractivity contribution in [3.05, 3.63) is 70.8 Å². The highest BCUT2D eigenvalue weighted by molar-refractivity contribution is 5.91. The molecule has 0 radical (unpaired) electrons. The first-order valence-electron chi connectivity index (χ1n) is 10.4. The van der Waals surface area contributed by atoms with Crippen LogP contribution in [-0.4, -0.2) is 23.9 Å². The first-order chi connectivity index (χ1) is 13.8. The second kappa shape index (κ2) is 10.9. The molecule has 2 N–H and O–H groups in total. The number of carboxylic acid groups (broad SMARTS) is 1. The van der Waals surface area contributed by atoms with Gasteiger partial charge in [-0.15, -0.1) is 0 Å². The molecule has 2 aromatic carbocycles. The van der Waals surface area contributed by atoms with Crippen LogP contribution in [-0.2, 0) is 22.4 Å². The summed E-state index contributed by atoms with van der Waals surface area (Å²) >= 11 is 0. The Kier molecular flexibility index (Phi) is 8.59. The predicted octanol–water partition coefficient (Wildman–Crippen LogP) is 4.93. The number of aliphatic carboxylic acids is 1. The highest BCUT2D eigenvalue weighted by atomic mass is 16.4. The van der Waals surface area contributed by atoms with E-state index in [4.69, 9.17) is 5.11 Å². The fourth-order valence-corrected chi connectivity index (χ4v) is 3.62. The van der Waals surface area contributed by atoms with Crippen LogP contribution >= 0.6 is 0 Å². The van der Waals surface area contributed by atoms with Crippen LogP contribution in [0, 0.1) is 5.92 Å². The summed E-state index contributed by atoms with van der Waals surface area (Å²) in [6.07, 6.45) is 2.56. The summed E-state index contributed by atoms with van der Waals surface area (Å²) in [5.41, 5.74) is 4.36. The molecule has 0 saturated heterocycles. The normalized spacial score (nSPS) is 13.3. The zero-order chi connectivity index (χ0) is 21.4. The Labute approximate surface area is 174 Å². The molecule has 0 aromatic heterocycles. The van der Waals surface area contributed by atoms with Crippen LogP contribution in [0.1, 0.15) is 67.8 Å². The molecule has 2 unspecified atom stereocenters. The molecule has 2 rings (SSSR count). The fraction of sp³-hybridized carbons (Fsp3) is 0.440. The molecule has 4 nitrogen and oxygen atoms in total. The maximum Gasteiger partial charge on any atom is 0.303 e. The Morgan fingerprint density at radius 1 is 0.897 bits per heavy atom. The highest BCUT2D eigenvalue weighted by Gasteiger charge is 2.25. The SMILES string of the molecule is CNC(C(=O)C(C)c1ccc(CC(C)C)cc1)c1ccc(CCCC(=O)O)cc1. The first-order valence-corrected chi connectivity index (χ1v) is 10.4. The van der Waals surface area contributed by atoms with Crippen LogP contribution in [0.3, 0.4) is 0 Å². The quantitative estimate of drug-likeness (QED) is 0.566. The fourth-order valence-electron chi connectivity index (χ4n) is 3.62. The summed E-state index contributed by atoms with van der Waals surface area (Å²) in [6, 6.07) is 15.9. The van der Waals surface area contributed by atoms with Crippen molar-refractivity contribution in [1.29, 1.82) is 0 Å². The number of nitrogens with one attached hydrogen (secondary N) is 1. The molecule has 0 amide bonds. The van der Waals surface area contributed by atoms with Crippen LogP contribution in [0.5, 0.6) is 0 Å². The zero-order valence-corrected chi connectivity index (χ0v) is 17.9. The lowest BCUT2D eigenvalue weighted by Gasteiger charge is -2.21. The molecule has 0 spiro atoms. The van der Waals surface area contributed by atoms with Crippen molar-refractivity contribution >= 4 is 11.8 Å². The number of likely N-dealkylation sites (N-methyl/N-ethyl adjacent to an activating group) is 1. The monoisotopic (exact) mass is 395 g/mol. The molecule has 29 heavy (non-hydrogen) atoms. The minimum atomic E-state index is -0.770. The van der Waals surface area contributed by atoms with E-state index in [0.29, 0.717) is 12.3 Å². The van der Waals surface area contributed by atoms with Crippen LogP contribution in [0.2, 0.25) is 0 Å². The first kappa shape index (κ1) is 22.8. The van der Waals surface area contributed by atoms with Crippen molar-refractivity contribution in [3.63, 3.8) is 0 Å². The summed E-state index contributed by atoms with van der Waals surface area (Å²) in [4.78, 5) is 23.8. The van der Waals surface area contributed by atoms with Crippen molar-refractivity contribution in [3.8, 4) is 0 Å². The van der Waals surface area contributed by atoms with Gasteiger partial charge >= 0.3 is 5.97 Å². The van der Waals surface area contributed by atoms with Gasteiger partial charge in [0.1, 0.15) is 0 Å². The van der Waals surface area contributed by atoms with E-state index in [1.54, 1.807) is 0 Å².